The highest BCUT2D eigenvalue weighted by atomic mass is 79.9. The lowest BCUT2D eigenvalue weighted by Gasteiger charge is -2.62. The predicted octanol–water partition coefficient (Wildman–Crippen LogP) is 2.50. The van der Waals surface area contributed by atoms with Gasteiger partial charge in [-0.3, -0.25) is 9.59 Å². The van der Waals surface area contributed by atoms with Gasteiger partial charge in [-0.2, -0.15) is 5.10 Å². The van der Waals surface area contributed by atoms with Crippen molar-refractivity contribution in [3.8, 4) is 0 Å². The van der Waals surface area contributed by atoms with Gasteiger partial charge in [-0.15, -0.1) is 0 Å². The third-order valence-electron chi connectivity index (χ3n) is 7.53. The summed E-state index contributed by atoms with van der Waals surface area (Å²) in [6.07, 6.45) is 9.46. The van der Waals surface area contributed by atoms with Crippen LogP contribution >= 0.6 is 15.9 Å². The smallest absolute Gasteiger partial charge is 0.283 e. The van der Waals surface area contributed by atoms with Crippen molar-refractivity contribution < 1.29 is 4.79 Å². The fourth-order valence-corrected chi connectivity index (χ4v) is 5.77. The minimum atomic E-state index is -0.315. The van der Waals surface area contributed by atoms with E-state index in [4.69, 9.17) is 0 Å². The molecule has 2 heterocycles. The number of hydrazine groups is 1. The summed E-state index contributed by atoms with van der Waals surface area (Å²) < 4.78 is 1.61. The SMILES string of the molecule is CC(NC(=O)Cn1ncc(N[C@@H]2C[C@@H]3C[C@H]([C@H]2C)C3(C)C)c(Br)c1=O)C1=CNNC=C1. The van der Waals surface area contributed by atoms with E-state index >= 15 is 0 Å². The van der Waals surface area contributed by atoms with E-state index in [2.05, 4.69) is 63.3 Å². The molecule has 4 aliphatic rings. The Morgan fingerprint density at radius 3 is 2.81 bits per heavy atom. The lowest BCUT2D eigenvalue weighted by Crippen LogP contribution is -2.58. The van der Waals surface area contributed by atoms with Crippen LogP contribution in [0.3, 0.4) is 0 Å². The molecule has 1 aromatic rings. The molecule has 3 fully saturated rings. The molecule has 31 heavy (non-hydrogen) atoms. The molecule has 2 bridgehead atoms. The first kappa shape index (κ1) is 21.9. The van der Waals surface area contributed by atoms with Crippen LogP contribution in [0.2, 0.25) is 0 Å². The maximum Gasteiger partial charge on any atom is 0.283 e. The average molecular weight is 491 g/mol. The Bertz CT molecular complexity index is 985. The minimum absolute atomic E-state index is 0.136. The lowest BCUT2D eigenvalue weighted by molar-refractivity contribution is -0.122. The summed E-state index contributed by atoms with van der Waals surface area (Å²) in [5, 5.41) is 10.7. The van der Waals surface area contributed by atoms with Gasteiger partial charge in [0.05, 0.1) is 17.9 Å². The molecule has 0 radical (unpaired) electrons. The van der Waals surface area contributed by atoms with Crippen LogP contribution in [-0.2, 0) is 11.3 Å². The van der Waals surface area contributed by atoms with Crippen molar-refractivity contribution in [1.29, 1.82) is 0 Å². The van der Waals surface area contributed by atoms with Crippen LogP contribution in [0.15, 0.2) is 39.5 Å². The highest BCUT2D eigenvalue weighted by Gasteiger charge is 2.56. The van der Waals surface area contributed by atoms with E-state index in [9.17, 15) is 9.59 Å². The van der Waals surface area contributed by atoms with Crippen molar-refractivity contribution in [2.45, 2.75) is 59.2 Å². The van der Waals surface area contributed by atoms with Crippen LogP contribution in [0.5, 0.6) is 0 Å². The van der Waals surface area contributed by atoms with Gasteiger partial charge in [-0.05, 0) is 70.5 Å². The van der Waals surface area contributed by atoms with Crippen LogP contribution < -0.4 is 27.0 Å². The Balaban J connectivity index is 1.40. The molecule has 1 unspecified atom stereocenters. The molecule has 8 nitrogen and oxygen atoms in total. The Kier molecular flexibility index (Phi) is 5.89. The van der Waals surface area contributed by atoms with Gasteiger partial charge in [-0.1, -0.05) is 20.8 Å². The van der Waals surface area contributed by atoms with E-state index in [1.54, 1.807) is 18.6 Å². The molecule has 1 aromatic heterocycles. The largest absolute Gasteiger partial charge is 0.380 e. The predicted molar refractivity (Wildman–Crippen MR) is 124 cm³/mol. The number of anilines is 1. The summed E-state index contributed by atoms with van der Waals surface area (Å²) in [6, 6.07) is 0.135. The van der Waals surface area contributed by atoms with Crippen molar-refractivity contribution in [2.24, 2.45) is 23.2 Å². The van der Waals surface area contributed by atoms with Gasteiger partial charge in [0.15, 0.2) is 0 Å². The molecule has 3 saturated carbocycles. The summed E-state index contributed by atoms with van der Waals surface area (Å²) in [4.78, 5) is 25.3. The molecular weight excluding hydrogens is 460 g/mol. The van der Waals surface area contributed by atoms with E-state index in [0.717, 1.165) is 17.9 Å². The number of rotatable bonds is 6. The van der Waals surface area contributed by atoms with E-state index < -0.39 is 0 Å². The molecule has 168 valence electrons. The standard InChI is InChI=1S/C22H31BrN6O2/c1-12-16-7-15(22(16,3)4)8-17(12)28-18-10-26-29(21(31)20(18)23)11-19(30)27-13(2)14-5-6-24-25-9-14/h5-6,9-10,12-13,15-17,24-25,28H,7-8,11H2,1-4H3,(H,27,30)/t12-,13?,15+,16-,17-/m1/s1. The van der Waals surface area contributed by atoms with Gasteiger partial charge in [0.2, 0.25) is 5.91 Å². The number of fused-ring (bicyclic) bond motifs is 2. The number of nitrogens with one attached hydrogen (secondary N) is 4. The second-order valence-corrected chi connectivity index (χ2v) is 10.4. The van der Waals surface area contributed by atoms with Gasteiger partial charge >= 0.3 is 0 Å². The molecular formula is C22H31BrN6O2. The monoisotopic (exact) mass is 490 g/mol. The zero-order valence-electron chi connectivity index (χ0n) is 18.4. The first-order chi connectivity index (χ1) is 14.7. The van der Waals surface area contributed by atoms with Gasteiger partial charge in [0, 0.05) is 18.4 Å². The third kappa shape index (κ3) is 4.12. The van der Waals surface area contributed by atoms with Crippen LogP contribution in [0.25, 0.3) is 0 Å². The summed E-state index contributed by atoms with van der Waals surface area (Å²) in [5.41, 5.74) is 7.43. The van der Waals surface area contributed by atoms with Gasteiger partial charge < -0.3 is 21.5 Å². The summed E-state index contributed by atoms with van der Waals surface area (Å²) >= 11 is 3.43. The second-order valence-electron chi connectivity index (χ2n) is 9.60. The molecule has 5 atom stereocenters. The van der Waals surface area contributed by atoms with E-state index in [1.807, 2.05) is 13.0 Å². The fraction of sp³-hybridized carbons (Fsp3) is 0.591. The van der Waals surface area contributed by atoms with Crippen molar-refractivity contribution >= 4 is 27.5 Å². The maximum absolute atomic E-state index is 12.8. The fourth-order valence-electron chi connectivity index (χ4n) is 5.35. The Hall–Kier alpha value is -2.29. The zero-order chi connectivity index (χ0) is 22.3. The molecule has 9 heteroatoms. The topological polar surface area (TPSA) is 100 Å². The van der Waals surface area contributed by atoms with Crippen molar-refractivity contribution in [3.05, 3.63) is 45.1 Å². The molecule has 0 aromatic carbocycles. The number of aromatic nitrogens is 2. The summed E-state index contributed by atoms with van der Waals surface area (Å²) in [6.45, 7) is 8.80. The van der Waals surface area contributed by atoms with Crippen molar-refractivity contribution in [3.63, 3.8) is 0 Å². The zero-order valence-corrected chi connectivity index (χ0v) is 20.0. The minimum Gasteiger partial charge on any atom is -0.380 e. The van der Waals surface area contributed by atoms with Crippen LogP contribution in [0, 0.1) is 23.2 Å². The molecule has 3 aliphatic carbocycles. The molecule has 4 N–H and O–H groups in total. The van der Waals surface area contributed by atoms with Crippen molar-refractivity contribution in [1.82, 2.24) is 25.9 Å². The second kappa shape index (κ2) is 8.33. The number of hydrogen-bond acceptors (Lipinski definition) is 6. The Labute approximate surface area is 191 Å². The van der Waals surface area contributed by atoms with Crippen LogP contribution in [-0.4, -0.2) is 27.8 Å². The van der Waals surface area contributed by atoms with Crippen molar-refractivity contribution in [2.75, 3.05) is 5.32 Å². The maximum atomic E-state index is 12.8. The van der Waals surface area contributed by atoms with Crippen LogP contribution in [0.4, 0.5) is 5.69 Å². The molecule has 0 saturated heterocycles. The van der Waals surface area contributed by atoms with E-state index in [1.165, 1.54) is 11.1 Å². The third-order valence-corrected chi connectivity index (χ3v) is 8.30. The molecule has 0 spiro atoms. The molecule has 5 rings (SSSR count). The van der Waals surface area contributed by atoms with Gasteiger partial charge in [-0.25, -0.2) is 4.68 Å². The van der Waals surface area contributed by atoms with Gasteiger partial charge in [0.1, 0.15) is 11.0 Å². The number of carbonyl (C=O) groups excluding carboxylic acids is 1. The quantitative estimate of drug-likeness (QED) is 0.488. The summed E-state index contributed by atoms with van der Waals surface area (Å²) in [5.74, 6) is 1.70. The highest BCUT2D eigenvalue weighted by Crippen LogP contribution is 2.61. The first-order valence-corrected chi connectivity index (χ1v) is 11.7. The number of nitrogens with zero attached hydrogens (tertiary/aromatic N) is 2. The Morgan fingerprint density at radius 1 is 1.39 bits per heavy atom. The summed E-state index contributed by atoms with van der Waals surface area (Å²) in [7, 11) is 0. The van der Waals surface area contributed by atoms with E-state index in [0.29, 0.717) is 33.5 Å². The molecule has 1 aliphatic heterocycles. The highest BCUT2D eigenvalue weighted by molar-refractivity contribution is 9.10. The molecule has 1 amide bonds. The normalized spacial score (nSPS) is 29.0. The van der Waals surface area contributed by atoms with E-state index in [-0.39, 0.29) is 24.1 Å². The first-order valence-electron chi connectivity index (χ1n) is 10.9. The lowest BCUT2D eigenvalue weighted by atomic mass is 9.45. The Morgan fingerprint density at radius 2 is 2.16 bits per heavy atom. The number of hydrogen-bond donors (Lipinski definition) is 4. The number of halogens is 1. The van der Waals surface area contributed by atoms with Gasteiger partial charge in [0.25, 0.3) is 5.56 Å². The number of amides is 1. The number of carbonyl (C=O) groups is 1. The average Bonchev–Trinajstić information content (AvgIpc) is 2.74. The van der Waals surface area contributed by atoms with Crippen LogP contribution in [0.1, 0.15) is 40.5 Å².